The molecule has 0 atom stereocenters. The Hall–Kier alpha value is -2.44. The minimum absolute atomic E-state index is 0.0162. The summed E-state index contributed by atoms with van der Waals surface area (Å²) in [5.74, 6) is -0.147. The van der Waals surface area contributed by atoms with E-state index < -0.39 is 4.92 Å². The van der Waals surface area contributed by atoms with Crippen molar-refractivity contribution < 1.29 is 9.72 Å². The number of para-hydroxylation sites is 1. The number of nitrogens with one attached hydrogen (secondary N) is 1. The molecule has 0 spiro atoms. The predicted molar refractivity (Wildman–Crippen MR) is 66.9 cm³/mol. The molecule has 1 rings (SSSR count). The fraction of sp³-hybridized carbons (Fsp3) is 0.273. The Labute approximate surface area is 104 Å². The molecule has 0 heterocycles. The molecule has 96 valence electrons. The highest BCUT2D eigenvalue weighted by atomic mass is 16.6. The standard InChI is InChI=1S/C11H14N4O3/c1-2-11(16)14-13-10(12)7-8-5-3-4-6-9(8)15(17)18/h3-6H,2,7H2,1H3,(H2,12,13)(H,14,16). The lowest BCUT2D eigenvalue weighted by Gasteiger charge is -2.03. The summed E-state index contributed by atoms with van der Waals surface area (Å²) in [7, 11) is 0. The van der Waals surface area contributed by atoms with Gasteiger partial charge in [-0.2, -0.15) is 5.10 Å². The molecule has 18 heavy (non-hydrogen) atoms. The van der Waals surface area contributed by atoms with E-state index in [1.165, 1.54) is 6.07 Å². The van der Waals surface area contributed by atoms with Gasteiger partial charge in [0, 0.05) is 24.5 Å². The number of hydrogen-bond acceptors (Lipinski definition) is 4. The SMILES string of the molecule is CCC(=O)NN=C(N)Cc1ccccc1[N+](=O)[O-]. The zero-order chi connectivity index (χ0) is 13.5. The van der Waals surface area contributed by atoms with Crippen LogP contribution in [0.1, 0.15) is 18.9 Å². The molecule has 0 aromatic heterocycles. The summed E-state index contributed by atoms with van der Waals surface area (Å²) in [6, 6.07) is 6.25. The van der Waals surface area contributed by atoms with Crippen LogP contribution in [0.25, 0.3) is 0 Å². The van der Waals surface area contributed by atoms with Gasteiger partial charge in [-0.25, -0.2) is 5.43 Å². The minimum atomic E-state index is -0.479. The molecule has 0 radical (unpaired) electrons. The first-order valence-electron chi connectivity index (χ1n) is 5.37. The van der Waals surface area contributed by atoms with Crippen LogP contribution in [0.5, 0.6) is 0 Å². The molecular formula is C11H14N4O3. The minimum Gasteiger partial charge on any atom is -0.385 e. The Balaban J connectivity index is 2.78. The second-order valence-electron chi connectivity index (χ2n) is 3.55. The van der Waals surface area contributed by atoms with Gasteiger partial charge in [-0.3, -0.25) is 14.9 Å². The van der Waals surface area contributed by atoms with Crippen molar-refractivity contribution in [3.63, 3.8) is 0 Å². The molecule has 1 aromatic rings. The van der Waals surface area contributed by atoms with Gasteiger partial charge in [-0.05, 0) is 0 Å². The number of benzene rings is 1. The first-order chi connectivity index (χ1) is 8.54. The van der Waals surface area contributed by atoms with Crippen LogP contribution in [-0.2, 0) is 11.2 Å². The van der Waals surface area contributed by atoms with Gasteiger partial charge < -0.3 is 5.73 Å². The van der Waals surface area contributed by atoms with Crippen LogP contribution in [0.2, 0.25) is 0 Å². The molecule has 1 aromatic carbocycles. The molecule has 0 unspecified atom stereocenters. The largest absolute Gasteiger partial charge is 0.385 e. The van der Waals surface area contributed by atoms with Crippen LogP contribution in [0.15, 0.2) is 29.4 Å². The third-order valence-corrected chi connectivity index (χ3v) is 2.21. The number of nitro groups is 1. The molecule has 1 amide bonds. The third-order valence-electron chi connectivity index (χ3n) is 2.21. The van der Waals surface area contributed by atoms with E-state index in [0.717, 1.165) is 0 Å². The van der Waals surface area contributed by atoms with Crippen LogP contribution < -0.4 is 11.2 Å². The summed E-state index contributed by atoms with van der Waals surface area (Å²) in [6.07, 6.45) is 0.406. The van der Waals surface area contributed by atoms with E-state index in [0.29, 0.717) is 12.0 Å². The van der Waals surface area contributed by atoms with Crippen LogP contribution in [0, 0.1) is 10.1 Å². The van der Waals surface area contributed by atoms with Crippen molar-refractivity contribution in [3.8, 4) is 0 Å². The number of carbonyl (C=O) groups is 1. The summed E-state index contributed by atoms with van der Waals surface area (Å²) in [5.41, 5.74) is 8.28. The maximum Gasteiger partial charge on any atom is 0.273 e. The molecule has 0 aliphatic rings. The number of hydrogen-bond donors (Lipinski definition) is 2. The number of rotatable bonds is 5. The summed E-state index contributed by atoms with van der Waals surface area (Å²) >= 11 is 0. The fourth-order valence-electron chi connectivity index (χ4n) is 1.29. The van der Waals surface area contributed by atoms with E-state index in [4.69, 9.17) is 5.73 Å². The fourth-order valence-corrected chi connectivity index (χ4v) is 1.29. The van der Waals surface area contributed by atoms with Crippen molar-refractivity contribution in [2.24, 2.45) is 10.8 Å². The number of nitrogens with two attached hydrogens (primary N) is 1. The zero-order valence-corrected chi connectivity index (χ0v) is 9.92. The van der Waals surface area contributed by atoms with Crippen LogP contribution in [-0.4, -0.2) is 16.7 Å². The Kier molecular flexibility index (Phi) is 4.79. The van der Waals surface area contributed by atoms with Gasteiger partial charge in [0.05, 0.1) is 4.92 Å². The number of nitro benzene ring substituents is 1. The molecular weight excluding hydrogens is 236 g/mol. The Morgan fingerprint density at radius 1 is 1.50 bits per heavy atom. The molecule has 0 aliphatic heterocycles. The van der Waals surface area contributed by atoms with Crippen molar-refractivity contribution in [2.75, 3.05) is 0 Å². The van der Waals surface area contributed by atoms with E-state index in [1.54, 1.807) is 25.1 Å². The highest BCUT2D eigenvalue weighted by Crippen LogP contribution is 2.17. The maximum atomic E-state index is 11.0. The lowest BCUT2D eigenvalue weighted by molar-refractivity contribution is -0.385. The van der Waals surface area contributed by atoms with E-state index in [-0.39, 0.29) is 23.9 Å². The monoisotopic (exact) mass is 250 g/mol. The summed E-state index contributed by atoms with van der Waals surface area (Å²) in [4.78, 5) is 21.3. The summed E-state index contributed by atoms with van der Waals surface area (Å²) < 4.78 is 0. The molecule has 7 heteroatoms. The molecule has 0 bridgehead atoms. The predicted octanol–water partition coefficient (Wildman–Crippen LogP) is 0.936. The lowest BCUT2D eigenvalue weighted by atomic mass is 10.1. The van der Waals surface area contributed by atoms with Crippen LogP contribution >= 0.6 is 0 Å². The van der Waals surface area contributed by atoms with Crippen molar-refractivity contribution >= 4 is 17.4 Å². The normalized spacial score (nSPS) is 11.1. The number of amides is 1. The van der Waals surface area contributed by atoms with Crippen LogP contribution in [0.3, 0.4) is 0 Å². The lowest BCUT2D eigenvalue weighted by Crippen LogP contribution is -2.24. The quantitative estimate of drug-likeness (QED) is 0.350. The van der Waals surface area contributed by atoms with E-state index in [9.17, 15) is 14.9 Å². The Bertz CT molecular complexity index is 485. The van der Waals surface area contributed by atoms with Crippen molar-refractivity contribution in [1.82, 2.24) is 5.43 Å². The van der Waals surface area contributed by atoms with Gasteiger partial charge in [0.1, 0.15) is 5.84 Å². The third kappa shape index (κ3) is 3.85. The van der Waals surface area contributed by atoms with E-state index in [1.807, 2.05) is 0 Å². The first-order valence-corrected chi connectivity index (χ1v) is 5.37. The van der Waals surface area contributed by atoms with Gasteiger partial charge in [-0.15, -0.1) is 0 Å². The van der Waals surface area contributed by atoms with Gasteiger partial charge >= 0.3 is 0 Å². The molecule has 3 N–H and O–H groups in total. The molecule has 7 nitrogen and oxygen atoms in total. The molecule has 0 aliphatic carbocycles. The maximum absolute atomic E-state index is 11.0. The number of carbonyl (C=O) groups excluding carboxylic acids is 1. The van der Waals surface area contributed by atoms with Crippen molar-refractivity contribution in [3.05, 3.63) is 39.9 Å². The van der Waals surface area contributed by atoms with E-state index >= 15 is 0 Å². The first kappa shape index (κ1) is 13.6. The average molecular weight is 250 g/mol. The Morgan fingerprint density at radius 3 is 2.78 bits per heavy atom. The smallest absolute Gasteiger partial charge is 0.273 e. The summed E-state index contributed by atoms with van der Waals surface area (Å²) in [5, 5.41) is 14.4. The van der Waals surface area contributed by atoms with Gasteiger partial charge in [0.2, 0.25) is 5.91 Å². The molecule has 0 fully saturated rings. The number of amidine groups is 1. The van der Waals surface area contributed by atoms with E-state index in [2.05, 4.69) is 10.5 Å². The second-order valence-corrected chi connectivity index (χ2v) is 3.55. The van der Waals surface area contributed by atoms with Crippen molar-refractivity contribution in [1.29, 1.82) is 0 Å². The average Bonchev–Trinajstić information content (AvgIpc) is 2.36. The van der Waals surface area contributed by atoms with Crippen LogP contribution in [0.4, 0.5) is 5.69 Å². The van der Waals surface area contributed by atoms with Crippen molar-refractivity contribution in [2.45, 2.75) is 19.8 Å². The van der Waals surface area contributed by atoms with Gasteiger partial charge in [0.25, 0.3) is 5.69 Å². The molecule has 0 saturated heterocycles. The highest BCUT2D eigenvalue weighted by molar-refractivity contribution is 5.85. The van der Waals surface area contributed by atoms with Gasteiger partial charge in [-0.1, -0.05) is 25.1 Å². The second kappa shape index (κ2) is 6.33. The molecule has 0 saturated carbocycles. The topological polar surface area (TPSA) is 111 Å². The zero-order valence-electron chi connectivity index (χ0n) is 9.92. The summed E-state index contributed by atoms with van der Waals surface area (Å²) in [6.45, 7) is 1.68. The Morgan fingerprint density at radius 2 is 2.17 bits per heavy atom. The number of hydrazone groups is 1. The number of nitrogens with zero attached hydrogens (tertiary/aromatic N) is 2. The highest BCUT2D eigenvalue weighted by Gasteiger charge is 2.13. The van der Waals surface area contributed by atoms with Gasteiger partial charge in [0.15, 0.2) is 0 Å².